The van der Waals surface area contributed by atoms with Crippen molar-refractivity contribution in [1.29, 1.82) is 0 Å². The third kappa shape index (κ3) is 19.1. The molecule has 0 amide bonds. The van der Waals surface area contributed by atoms with E-state index in [0.717, 1.165) is 19.3 Å². The first-order valence-electron chi connectivity index (χ1n) is 14.8. The van der Waals surface area contributed by atoms with Gasteiger partial charge in [-0.25, -0.2) is 4.79 Å². The standard InChI is InChI=1S/C28H57O6PS/c1-4-7-9-11-13-14-16-18-20-22-24(21-19-17-15-12-10-8-5-2)23-26(36)33-25(6-3)34-28(31,35-32)27(29)30/h24-26,31,36H,4-23,35H2,1-3H3,(H,29,30). The minimum Gasteiger partial charge on any atom is -0.477 e. The highest BCUT2D eigenvalue weighted by molar-refractivity contribution is 7.80. The van der Waals surface area contributed by atoms with Crippen molar-refractivity contribution in [3.8, 4) is 0 Å². The molecule has 0 heterocycles. The molecule has 6 nitrogen and oxygen atoms in total. The maximum absolute atomic E-state index is 11.2. The first-order chi connectivity index (χ1) is 17.3. The van der Waals surface area contributed by atoms with E-state index in [1.165, 1.54) is 103 Å². The van der Waals surface area contributed by atoms with E-state index in [4.69, 9.17) is 14.6 Å². The number of aliphatic hydroxyl groups is 1. The quantitative estimate of drug-likeness (QED) is 0.0409. The molecule has 216 valence electrons. The van der Waals surface area contributed by atoms with E-state index in [0.29, 0.717) is 12.3 Å². The number of rotatable bonds is 27. The summed E-state index contributed by atoms with van der Waals surface area (Å²) in [6.07, 6.45) is 23.2. The van der Waals surface area contributed by atoms with Crippen LogP contribution >= 0.6 is 21.1 Å². The molecule has 0 bridgehead atoms. The SMILES string of the molecule is CCCCCCCCCCCC(CCCCCCCCC)CC(S)OC(CC)OC(O)([PH2]=O)C(=O)O. The Morgan fingerprint density at radius 3 is 1.58 bits per heavy atom. The van der Waals surface area contributed by atoms with Crippen LogP contribution in [0.5, 0.6) is 0 Å². The zero-order valence-corrected chi connectivity index (χ0v) is 25.5. The fraction of sp³-hybridized carbons (Fsp3) is 0.964. The van der Waals surface area contributed by atoms with Gasteiger partial charge in [0.25, 0.3) is 0 Å². The minimum absolute atomic E-state index is 0.326. The lowest BCUT2D eigenvalue weighted by atomic mass is 9.91. The van der Waals surface area contributed by atoms with E-state index in [-0.39, 0.29) is 0 Å². The van der Waals surface area contributed by atoms with Gasteiger partial charge in [0.2, 0.25) is 0 Å². The summed E-state index contributed by atoms with van der Waals surface area (Å²) in [5.74, 6) is -1.17. The van der Waals surface area contributed by atoms with E-state index in [9.17, 15) is 14.5 Å². The van der Waals surface area contributed by atoms with Gasteiger partial charge >= 0.3 is 11.5 Å². The predicted molar refractivity (Wildman–Crippen MR) is 155 cm³/mol. The summed E-state index contributed by atoms with van der Waals surface area (Å²) < 4.78 is 22.2. The number of unbranched alkanes of at least 4 members (excludes halogenated alkanes) is 14. The van der Waals surface area contributed by atoms with E-state index in [2.05, 4.69) is 26.5 Å². The second-order valence-electron chi connectivity index (χ2n) is 10.3. The highest BCUT2D eigenvalue weighted by Crippen LogP contribution is 2.29. The Hall–Kier alpha value is -0.0700. The number of hydrogen-bond acceptors (Lipinski definition) is 6. The molecule has 0 aromatic rings. The average Bonchev–Trinajstić information content (AvgIpc) is 2.86. The van der Waals surface area contributed by atoms with Crippen molar-refractivity contribution in [2.75, 3.05) is 0 Å². The van der Waals surface area contributed by atoms with Gasteiger partial charge in [-0.2, -0.15) is 0 Å². The molecule has 0 aliphatic heterocycles. The van der Waals surface area contributed by atoms with Crippen molar-refractivity contribution >= 4 is 27.1 Å². The number of carboxylic acid groups (broad SMARTS) is 1. The van der Waals surface area contributed by atoms with Gasteiger partial charge in [-0.15, -0.1) is 12.6 Å². The molecular formula is C28H57O6PS. The molecule has 0 aromatic heterocycles. The molecule has 36 heavy (non-hydrogen) atoms. The molecular weight excluding hydrogens is 495 g/mol. The predicted octanol–water partition coefficient (Wildman–Crippen LogP) is 8.57. The summed E-state index contributed by atoms with van der Waals surface area (Å²) in [7, 11) is -2.07. The minimum atomic E-state index is -2.69. The van der Waals surface area contributed by atoms with Crippen LogP contribution in [0.15, 0.2) is 0 Å². The van der Waals surface area contributed by atoms with Crippen molar-refractivity contribution in [3.63, 3.8) is 0 Å². The summed E-state index contributed by atoms with van der Waals surface area (Å²) >= 11 is 4.61. The van der Waals surface area contributed by atoms with Gasteiger partial charge < -0.3 is 24.3 Å². The lowest BCUT2D eigenvalue weighted by molar-refractivity contribution is -0.256. The molecule has 2 N–H and O–H groups in total. The third-order valence-electron chi connectivity index (χ3n) is 6.89. The maximum atomic E-state index is 11.2. The van der Waals surface area contributed by atoms with Crippen LogP contribution < -0.4 is 0 Å². The second kappa shape index (κ2) is 24.0. The normalized spacial score (nSPS) is 16.2. The zero-order valence-electron chi connectivity index (χ0n) is 23.4. The van der Waals surface area contributed by atoms with Crippen LogP contribution in [-0.4, -0.2) is 33.4 Å². The number of hydrogen-bond donors (Lipinski definition) is 3. The average molecular weight is 553 g/mol. The molecule has 0 aromatic carbocycles. The Morgan fingerprint density at radius 1 is 0.806 bits per heavy atom. The van der Waals surface area contributed by atoms with Crippen LogP contribution in [0.4, 0.5) is 0 Å². The van der Waals surface area contributed by atoms with Crippen LogP contribution in [-0.2, 0) is 18.8 Å². The second-order valence-corrected chi connectivity index (χ2v) is 11.9. The summed E-state index contributed by atoms with van der Waals surface area (Å²) in [5, 5.41) is 19.1. The zero-order chi connectivity index (χ0) is 27.1. The van der Waals surface area contributed by atoms with Gasteiger partial charge in [0.1, 0.15) is 13.9 Å². The van der Waals surface area contributed by atoms with Crippen LogP contribution in [0.3, 0.4) is 0 Å². The van der Waals surface area contributed by atoms with Gasteiger partial charge in [0.05, 0.1) is 0 Å². The monoisotopic (exact) mass is 552 g/mol. The molecule has 0 saturated heterocycles. The van der Waals surface area contributed by atoms with Crippen molar-refractivity contribution in [2.24, 2.45) is 5.92 Å². The number of carbonyl (C=O) groups is 1. The van der Waals surface area contributed by atoms with Crippen LogP contribution in [0, 0.1) is 5.92 Å². The molecule has 0 saturated carbocycles. The highest BCUT2D eigenvalue weighted by atomic mass is 32.1. The van der Waals surface area contributed by atoms with Crippen LogP contribution in [0.25, 0.3) is 0 Å². The Balaban J connectivity index is 4.58. The van der Waals surface area contributed by atoms with Crippen molar-refractivity contribution < 1.29 is 29.0 Å². The topological polar surface area (TPSA) is 93.1 Å². The third-order valence-corrected chi connectivity index (χ3v) is 7.92. The number of ether oxygens (including phenoxy) is 2. The molecule has 0 spiro atoms. The van der Waals surface area contributed by atoms with E-state index >= 15 is 0 Å². The number of thiol groups is 1. The summed E-state index contributed by atoms with van der Waals surface area (Å²) in [4.78, 5) is 11.2. The highest BCUT2D eigenvalue weighted by Gasteiger charge is 2.39. The smallest absolute Gasteiger partial charge is 0.371 e. The lowest BCUT2D eigenvalue weighted by Gasteiger charge is -2.28. The van der Waals surface area contributed by atoms with Crippen LogP contribution in [0.2, 0.25) is 0 Å². The van der Waals surface area contributed by atoms with Gasteiger partial charge in [-0.1, -0.05) is 136 Å². The molecule has 0 fully saturated rings. The van der Waals surface area contributed by atoms with Gasteiger partial charge in [-0.3, -0.25) is 0 Å². The lowest BCUT2D eigenvalue weighted by Crippen LogP contribution is -2.40. The maximum Gasteiger partial charge on any atom is 0.371 e. The van der Waals surface area contributed by atoms with Gasteiger partial charge in [0.15, 0.2) is 6.29 Å². The van der Waals surface area contributed by atoms with Crippen molar-refractivity contribution in [3.05, 3.63) is 0 Å². The molecule has 0 aliphatic rings. The largest absolute Gasteiger partial charge is 0.477 e. The Bertz CT molecular complexity index is 538. The summed E-state index contributed by atoms with van der Waals surface area (Å²) in [6.45, 7) is 6.26. The molecule has 0 radical (unpaired) electrons. The van der Waals surface area contributed by atoms with E-state index in [1.807, 2.05) is 0 Å². The first-order valence-corrected chi connectivity index (χ1v) is 16.3. The molecule has 0 rings (SSSR count). The first kappa shape index (κ1) is 35.9. The number of aliphatic carboxylic acids is 1. The molecule has 0 aliphatic carbocycles. The number of carboxylic acids is 1. The van der Waals surface area contributed by atoms with E-state index in [1.54, 1.807) is 6.92 Å². The Kier molecular flexibility index (Phi) is 24.0. The fourth-order valence-electron chi connectivity index (χ4n) is 4.57. The Morgan fingerprint density at radius 2 is 1.22 bits per heavy atom. The van der Waals surface area contributed by atoms with Gasteiger partial charge in [-0.05, 0) is 18.8 Å². The van der Waals surface area contributed by atoms with Crippen LogP contribution in [0.1, 0.15) is 149 Å². The molecule has 8 heteroatoms. The van der Waals surface area contributed by atoms with Crippen molar-refractivity contribution in [2.45, 2.75) is 166 Å². The fourth-order valence-corrected chi connectivity index (χ4v) is 5.31. The summed E-state index contributed by atoms with van der Waals surface area (Å²) in [5.41, 5.74) is -3.12. The Labute approximate surface area is 228 Å². The molecule has 5 atom stereocenters. The van der Waals surface area contributed by atoms with E-state index < -0.39 is 31.7 Å². The molecule has 5 unspecified atom stereocenters. The summed E-state index contributed by atoms with van der Waals surface area (Å²) in [6, 6.07) is 0. The van der Waals surface area contributed by atoms with Gasteiger partial charge in [0, 0.05) is 0 Å². The van der Waals surface area contributed by atoms with Crippen molar-refractivity contribution in [1.82, 2.24) is 0 Å².